The van der Waals surface area contributed by atoms with Crippen LogP contribution >= 0.6 is 11.8 Å². The van der Waals surface area contributed by atoms with Gasteiger partial charge in [-0.3, -0.25) is 14.8 Å². The summed E-state index contributed by atoms with van der Waals surface area (Å²) in [6.45, 7) is 3.54. The number of carbonyl (C=O) groups excluding carboxylic acids is 1. The van der Waals surface area contributed by atoms with Crippen LogP contribution in [0.2, 0.25) is 0 Å². The molecule has 1 amide bonds. The minimum absolute atomic E-state index is 0.0214. The van der Waals surface area contributed by atoms with Gasteiger partial charge in [0.2, 0.25) is 0 Å². The fourth-order valence-electron chi connectivity index (χ4n) is 4.19. The van der Waals surface area contributed by atoms with Crippen LogP contribution in [0, 0.1) is 5.82 Å². The highest BCUT2D eigenvalue weighted by Crippen LogP contribution is 2.29. The summed E-state index contributed by atoms with van der Waals surface area (Å²) in [5.74, 6) is 0.734. The number of nitrogens with zero attached hydrogens (tertiary/aromatic N) is 4. The zero-order chi connectivity index (χ0) is 26.6. The smallest absolute Gasteiger partial charge is 0.251 e. The number of aromatic nitrogens is 4. The van der Waals surface area contributed by atoms with Gasteiger partial charge >= 0.3 is 0 Å². The van der Waals surface area contributed by atoms with Crippen molar-refractivity contribution in [3.8, 4) is 11.3 Å². The van der Waals surface area contributed by atoms with Gasteiger partial charge in [0.1, 0.15) is 29.3 Å². The molecule has 0 spiro atoms. The van der Waals surface area contributed by atoms with E-state index in [1.807, 2.05) is 24.5 Å². The standard InChI is InChI=1S/C27H29FN6O2S/c1-27(2,36)25-21(28)10-16(12-32-25)22-11-23(34-15-33-22)31-13-17(14-37-4)18-6-5-7-19-20(26(35)29-3)8-9-30-24(18)19/h5-12,15,17,36H,13-14H2,1-4H3,(H,29,35)(H,31,33,34). The quantitative estimate of drug-likeness (QED) is 0.298. The second-order valence-electron chi connectivity index (χ2n) is 9.12. The van der Waals surface area contributed by atoms with Gasteiger partial charge in [-0.1, -0.05) is 18.2 Å². The lowest BCUT2D eigenvalue weighted by molar-refractivity contribution is 0.0695. The molecule has 4 rings (SSSR count). The van der Waals surface area contributed by atoms with Crippen molar-refractivity contribution in [1.82, 2.24) is 25.3 Å². The monoisotopic (exact) mass is 520 g/mol. The molecule has 0 aliphatic rings. The van der Waals surface area contributed by atoms with Crippen LogP contribution in [0.4, 0.5) is 10.2 Å². The molecule has 1 atom stereocenters. The average Bonchev–Trinajstić information content (AvgIpc) is 2.89. The minimum Gasteiger partial charge on any atom is -0.384 e. The number of pyridine rings is 2. The molecule has 3 N–H and O–H groups in total. The first-order chi connectivity index (χ1) is 17.7. The van der Waals surface area contributed by atoms with E-state index in [-0.39, 0.29) is 17.5 Å². The van der Waals surface area contributed by atoms with E-state index in [1.165, 1.54) is 32.4 Å². The molecule has 10 heteroatoms. The largest absolute Gasteiger partial charge is 0.384 e. The summed E-state index contributed by atoms with van der Waals surface area (Å²) in [5, 5.41) is 17.0. The van der Waals surface area contributed by atoms with Crippen LogP contribution in [0.5, 0.6) is 0 Å². The molecule has 1 unspecified atom stereocenters. The molecule has 3 heterocycles. The molecule has 1 aromatic carbocycles. The van der Waals surface area contributed by atoms with E-state index in [4.69, 9.17) is 0 Å². The molecule has 0 saturated carbocycles. The fourth-order valence-corrected chi connectivity index (χ4v) is 4.89. The Morgan fingerprint density at radius 2 is 1.97 bits per heavy atom. The predicted octanol–water partition coefficient (Wildman–Crippen LogP) is 4.37. The maximum Gasteiger partial charge on any atom is 0.251 e. The number of rotatable bonds is 9. The van der Waals surface area contributed by atoms with Gasteiger partial charge < -0.3 is 15.7 Å². The number of halogens is 1. The molecule has 0 fully saturated rings. The number of carbonyl (C=O) groups is 1. The summed E-state index contributed by atoms with van der Waals surface area (Å²) in [5.41, 5.74) is 2.00. The van der Waals surface area contributed by atoms with Crippen molar-refractivity contribution < 1.29 is 14.3 Å². The van der Waals surface area contributed by atoms with Crippen LogP contribution in [0.1, 0.15) is 41.4 Å². The number of aliphatic hydroxyl groups is 1. The van der Waals surface area contributed by atoms with E-state index in [0.29, 0.717) is 29.2 Å². The SMILES string of the molecule is CNC(=O)c1ccnc2c(C(CNc3cc(-c4cnc(C(C)(C)O)c(F)c4)ncn3)CSC)cccc12. The van der Waals surface area contributed by atoms with Gasteiger partial charge in [0.05, 0.1) is 16.8 Å². The number of thioether (sulfide) groups is 1. The number of fused-ring (bicyclic) bond motifs is 1. The van der Waals surface area contributed by atoms with E-state index in [9.17, 15) is 14.3 Å². The Labute approximate surface area is 219 Å². The third-order valence-corrected chi connectivity index (χ3v) is 6.73. The normalized spacial score (nSPS) is 12.4. The van der Waals surface area contributed by atoms with Gasteiger partial charge in [0.15, 0.2) is 0 Å². The second kappa shape index (κ2) is 11.2. The predicted molar refractivity (Wildman–Crippen MR) is 145 cm³/mol. The molecule has 8 nitrogen and oxygen atoms in total. The third-order valence-electron chi connectivity index (χ3n) is 5.99. The van der Waals surface area contributed by atoms with Gasteiger partial charge in [-0.25, -0.2) is 14.4 Å². The van der Waals surface area contributed by atoms with Crippen LogP contribution in [0.25, 0.3) is 22.2 Å². The topological polar surface area (TPSA) is 113 Å². The lowest BCUT2D eigenvalue weighted by Gasteiger charge is -2.20. The second-order valence-corrected chi connectivity index (χ2v) is 10.0. The molecule has 0 aliphatic heterocycles. The highest BCUT2D eigenvalue weighted by atomic mass is 32.2. The van der Waals surface area contributed by atoms with E-state index in [0.717, 1.165) is 22.2 Å². The van der Waals surface area contributed by atoms with Crippen molar-refractivity contribution >= 4 is 34.4 Å². The minimum atomic E-state index is -1.38. The number of nitrogens with one attached hydrogen (secondary N) is 2. The van der Waals surface area contributed by atoms with E-state index < -0.39 is 11.4 Å². The van der Waals surface area contributed by atoms with Gasteiger partial charge in [-0.15, -0.1) is 0 Å². The number of hydrogen-bond donors (Lipinski definition) is 3. The Morgan fingerprint density at radius 1 is 1.16 bits per heavy atom. The van der Waals surface area contributed by atoms with Crippen molar-refractivity contribution in [3.05, 3.63) is 77.8 Å². The van der Waals surface area contributed by atoms with E-state index in [2.05, 4.69) is 30.6 Å². The zero-order valence-electron chi connectivity index (χ0n) is 21.1. The number of benzene rings is 1. The molecule has 3 aromatic heterocycles. The average molecular weight is 521 g/mol. The summed E-state index contributed by atoms with van der Waals surface area (Å²) >= 11 is 1.72. The Bertz CT molecular complexity index is 1430. The number of anilines is 1. The molecule has 37 heavy (non-hydrogen) atoms. The molecule has 4 aromatic rings. The molecule has 0 aliphatic carbocycles. The summed E-state index contributed by atoms with van der Waals surface area (Å²) in [4.78, 5) is 29.7. The van der Waals surface area contributed by atoms with Crippen LogP contribution in [-0.2, 0) is 5.60 Å². The molecule has 0 radical (unpaired) electrons. The van der Waals surface area contributed by atoms with Crippen LogP contribution in [-0.4, -0.2) is 56.6 Å². The van der Waals surface area contributed by atoms with Gasteiger partial charge in [0, 0.05) is 54.7 Å². The Kier molecular flexibility index (Phi) is 7.99. The van der Waals surface area contributed by atoms with Gasteiger partial charge in [-0.2, -0.15) is 11.8 Å². The first-order valence-electron chi connectivity index (χ1n) is 11.8. The van der Waals surface area contributed by atoms with Crippen molar-refractivity contribution in [2.45, 2.75) is 25.4 Å². The van der Waals surface area contributed by atoms with Gasteiger partial charge in [0.25, 0.3) is 5.91 Å². The molecule has 0 saturated heterocycles. The maximum absolute atomic E-state index is 14.6. The Hall–Kier alpha value is -3.63. The maximum atomic E-state index is 14.6. The fraction of sp³-hybridized carbons (Fsp3) is 0.296. The highest BCUT2D eigenvalue weighted by Gasteiger charge is 2.23. The van der Waals surface area contributed by atoms with Crippen molar-refractivity contribution in [1.29, 1.82) is 0 Å². The molecular formula is C27H29FN6O2S. The van der Waals surface area contributed by atoms with E-state index in [1.54, 1.807) is 37.1 Å². The van der Waals surface area contributed by atoms with E-state index >= 15 is 0 Å². The number of amides is 1. The van der Waals surface area contributed by atoms with Crippen molar-refractivity contribution in [2.75, 3.05) is 30.9 Å². The van der Waals surface area contributed by atoms with Crippen molar-refractivity contribution in [3.63, 3.8) is 0 Å². The number of hydrogen-bond acceptors (Lipinski definition) is 8. The summed E-state index contributed by atoms with van der Waals surface area (Å²) in [6.07, 6.45) is 6.61. The summed E-state index contributed by atoms with van der Waals surface area (Å²) in [7, 11) is 1.61. The Balaban J connectivity index is 1.60. The first kappa shape index (κ1) is 26.4. The van der Waals surface area contributed by atoms with Crippen molar-refractivity contribution in [2.24, 2.45) is 0 Å². The van der Waals surface area contributed by atoms with Crippen LogP contribution in [0.15, 0.2) is 55.1 Å². The van der Waals surface area contributed by atoms with Crippen LogP contribution < -0.4 is 10.6 Å². The van der Waals surface area contributed by atoms with Crippen LogP contribution in [0.3, 0.4) is 0 Å². The zero-order valence-corrected chi connectivity index (χ0v) is 21.9. The highest BCUT2D eigenvalue weighted by molar-refractivity contribution is 7.98. The lowest BCUT2D eigenvalue weighted by Crippen LogP contribution is -2.19. The molecule has 192 valence electrons. The summed E-state index contributed by atoms with van der Waals surface area (Å²) in [6, 6.07) is 10.7. The third kappa shape index (κ3) is 5.86. The Morgan fingerprint density at radius 3 is 2.68 bits per heavy atom. The summed E-state index contributed by atoms with van der Waals surface area (Å²) < 4.78 is 14.6. The van der Waals surface area contributed by atoms with Gasteiger partial charge in [-0.05, 0) is 37.8 Å². The number of para-hydroxylation sites is 1. The molecular weight excluding hydrogens is 491 g/mol. The lowest BCUT2D eigenvalue weighted by atomic mass is 9.95. The molecule has 0 bridgehead atoms. The first-order valence-corrected chi connectivity index (χ1v) is 13.2.